The van der Waals surface area contributed by atoms with Gasteiger partial charge in [-0.25, -0.2) is 18.2 Å². The molecule has 3 aliphatic carbocycles. The maximum absolute atomic E-state index is 15.4. The second-order valence-electron chi connectivity index (χ2n) is 11.4. The molecule has 3 aromatic rings. The Morgan fingerprint density at radius 1 is 1.14 bits per heavy atom. The van der Waals surface area contributed by atoms with Gasteiger partial charge in [0.15, 0.2) is 5.65 Å². The van der Waals surface area contributed by atoms with Crippen LogP contribution in [0.25, 0.3) is 16.7 Å². The lowest BCUT2D eigenvalue weighted by molar-refractivity contribution is 0.0374. The van der Waals surface area contributed by atoms with Crippen LogP contribution in [0.4, 0.5) is 19.0 Å². The average molecular weight is 497 g/mol. The van der Waals surface area contributed by atoms with E-state index in [0.29, 0.717) is 31.0 Å². The quantitative estimate of drug-likeness (QED) is 0.577. The summed E-state index contributed by atoms with van der Waals surface area (Å²) >= 11 is 0. The van der Waals surface area contributed by atoms with Crippen molar-refractivity contribution < 1.29 is 18.0 Å². The van der Waals surface area contributed by atoms with Gasteiger partial charge in [-0.1, -0.05) is 0 Å². The Balaban J connectivity index is 1.46. The number of amides is 1. The summed E-state index contributed by atoms with van der Waals surface area (Å²) in [5.74, 6) is -1.36. The normalized spacial score (nSPS) is 30.2. The number of nitrogens with one attached hydrogen (secondary N) is 1. The van der Waals surface area contributed by atoms with Crippen molar-refractivity contribution in [2.75, 3.05) is 19.0 Å². The van der Waals surface area contributed by atoms with E-state index in [9.17, 15) is 18.4 Å². The zero-order valence-electron chi connectivity index (χ0n) is 20.4. The van der Waals surface area contributed by atoms with Crippen LogP contribution in [0.15, 0.2) is 41.3 Å². The van der Waals surface area contributed by atoms with E-state index in [1.165, 1.54) is 16.8 Å². The Morgan fingerprint density at radius 2 is 1.92 bits per heavy atom. The highest BCUT2D eigenvalue weighted by molar-refractivity contribution is 5.97. The number of carbonyl (C=O) groups excluding carboxylic acids is 1. The van der Waals surface area contributed by atoms with Crippen LogP contribution in [0, 0.1) is 23.0 Å². The Kier molecular flexibility index (Phi) is 4.70. The van der Waals surface area contributed by atoms with Crippen molar-refractivity contribution >= 4 is 22.8 Å². The van der Waals surface area contributed by atoms with Crippen molar-refractivity contribution in [3.8, 4) is 5.69 Å². The topological polar surface area (TPSA) is 67.2 Å². The summed E-state index contributed by atoms with van der Waals surface area (Å²) in [7, 11) is 3.55. The van der Waals surface area contributed by atoms with Crippen molar-refractivity contribution in [1.29, 1.82) is 0 Å². The predicted molar refractivity (Wildman–Crippen MR) is 130 cm³/mol. The van der Waals surface area contributed by atoms with E-state index < -0.39 is 34.2 Å². The molecule has 1 N–H and O–H groups in total. The smallest absolute Gasteiger partial charge is 0.257 e. The Bertz CT molecular complexity index is 1500. The Hall–Kier alpha value is -3.36. The van der Waals surface area contributed by atoms with E-state index in [1.54, 1.807) is 31.1 Å². The van der Waals surface area contributed by atoms with Crippen LogP contribution >= 0.6 is 0 Å². The molecular weight excluding hydrogens is 469 g/mol. The molecule has 1 aromatic carbocycles. The summed E-state index contributed by atoms with van der Waals surface area (Å²) in [5, 5.41) is 3.07. The molecule has 2 bridgehead atoms. The van der Waals surface area contributed by atoms with Gasteiger partial charge in [0.25, 0.3) is 5.91 Å². The zero-order valence-corrected chi connectivity index (χ0v) is 20.4. The van der Waals surface area contributed by atoms with Gasteiger partial charge in [-0.3, -0.25) is 14.2 Å². The number of alkyl halides is 1. The van der Waals surface area contributed by atoms with E-state index in [-0.39, 0.29) is 34.1 Å². The Labute approximate surface area is 206 Å². The van der Waals surface area contributed by atoms with E-state index in [2.05, 4.69) is 10.3 Å². The molecule has 3 aliphatic rings. The highest BCUT2D eigenvalue weighted by Crippen LogP contribution is 2.74. The molecule has 6 nitrogen and oxygen atoms in total. The van der Waals surface area contributed by atoms with Crippen LogP contribution < -0.4 is 15.6 Å². The first-order valence-corrected chi connectivity index (χ1v) is 12.1. The molecule has 2 heterocycles. The van der Waals surface area contributed by atoms with Gasteiger partial charge < -0.3 is 10.2 Å². The number of hydrogen-bond donors (Lipinski definition) is 1. The standard InChI is InChI=1S/C27H27F3N4O2/c1-25(12-26-9-15(26)10-27(30,13-25)14-26)32-24(36)18-11-34(20-6-4-16(28)8-19(20)29)23-17(22(18)35)5-7-21(31-23)33(2)3/h4-8,11,15H,9-10,12-14H2,1-3H3,(H,32,36). The van der Waals surface area contributed by atoms with Crippen molar-refractivity contribution in [2.24, 2.45) is 11.3 Å². The van der Waals surface area contributed by atoms with Gasteiger partial charge >= 0.3 is 0 Å². The first-order valence-electron chi connectivity index (χ1n) is 12.1. The fourth-order valence-electron chi connectivity index (χ4n) is 6.93. The van der Waals surface area contributed by atoms with Crippen LogP contribution in [0.5, 0.6) is 0 Å². The first kappa shape index (κ1) is 23.1. The van der Waals surface area contributed by atoms with Gasteiger partial charge in [-0.15, -0.1) is 0 Å². The van der Waals surface area contributed by atoms with Gasteiger partial charge in [0.1, 0.15) is 28.7 Å². The number of benzene rings is 1. The fourth-order valence-corrected chi connectivity index (χ4v) is 6.93. The molecule has 0 aliphatic heterocycles. The number of carbonyl (C=O) groups is 1. The lowest BCUT2D eigenvalue weighted by Crippen LogP contribution is -2.54. The van der Waals surface area contributed by atoms with Gasteiger partial charge in [-0.05, 0) is 68.2 Å². The third-order valence-corrected chi connectivity index (χ3v) is 8.21. The molecular formula is C27H27F3N4O2. The minimum atomic E-state index is -1.30. The van der Waals surface area contributed by atoms with Crippen LogP contribution in [0.2, 0.25) is 0 Å². The maximum atomic E-state index is 15.4. The second-order valence-corrected chi connectivity index (χ2v) is 11.4. The minimum absolute atomic E-state index is 0.0526. The SMILES string of the molecule is CN(C)c1ccc2c(=O)c(C(=O)NC3(C)CC4(F)CC5CC5(C4)C3)cn(-c3ccc(F)cc3F)c2n1. The second kappa shape index (κ2) is 7.33. The van der Waals surface area contributed by atoms with Crippen molar-refractivity contribution in [1.82, 2.24) is 14.9 Å². The lowest BCUT2D eigenvalue weighted by Gasteiger charge is -2.43. The van der Waals surface area contributed by atoms with Gasteiger partial charge in [0.05, 0.1) is 11.1 Å². The summed E-state index contributed by atoms with van der Waals surface area (Å²) in [5.41, 5.74) is -2.82. The molecule has 188 valence electrons. The van der Waals surface area contributed by atoms with Crippen LogP contribution in [-0.4, -0.2) is 40.8 Å². The number of rotatable bonds is 4. The lowest BCUT2D eigenvalue weighted by atomic mass is 9.71. The largest absolute Gasteiger partial charge is 0.363 e. The third-order valence-electron chi connectivity index (χ3n) is 8.21. The number of nitrogens with zero attached hydrogens (tertiary/aromatic N) is 3. The number of aromatic nitrogens is 2. The predicted octanol–water partition coefficient (Wildman–Crippen LogP) is 4.52. The molecule has 0 saturated heterocycles. The van der Waals surface area contributed by atoms with Crippen LogP contribution in [0.3, 0.4) is 0 Å². The molecule has 36 heavy (non-hydrogen) atoms. The molecule has 1 spiro atoms. The summed E-state index contributed by atoms with van der Waals surface area (Å²) < 4.78 is 45.2. The monoisotopic (exact) mass is 496 g/mol. The molecule has 3 saturated carbocycles. The molecule has 9 heteroatoms. The molecule has 1 amide bonds. The number of anilines is 1. The van der Waals surface area contributed by atoms with Gasteiger partial charge in [0, 0.05) is 38.3 Å². The summed E-state index contributed by atoms with van der Waals surface area (Å²) in [6.07, 6.45) is 4.17. The Morgan fingerprint density at radius 3 is 2.61 bits per heavy atom. The van der Waals surface area contributed by atoms with E-state index >= 15 is 4.39 Å². The van der Waals surface area contributed by atoms with E-state index in [4.69, 9.17) is 0 Å². The minimum Gasteiger partial charge on any atom is -0.363 e. The third kappa shape index (κ3) is 3.50. The summed E-state index contributed by atoms with van der Waals surface area (Å²) in [6.45, 7) is 1.84. The zero-order chi connectivity index (χ0) is 25.6. The average Bonchev–Trinajstić information content (AvgIpc) is 3.33. The maximum Gasteiger partial charge on any atom is 0.257 e. The van der Waals surface area contributed by atoms with Crippen molar-refractivity contribution in [2.45, 2.75) is 50.2 Å². The van der Waals surface area contributed by atoms with E-state index in [0.717, 1.165) is 18.6 Å². The molecule has 4 unspecified atom stereocenters. The van der Waals surface area contributed by atoms with Crippen LogP contribution in [-0.2, 0) is 0 Å². The molecule has 6 rings (SSSR count). The van der Waals surface area contributed by atoms with E-state index in [1.807, 2.05) is 6.92 Å². The number of pyridine rings is 2. The van der Waals surface area contributed by atoms with Crippen molar-refractivity contribution in [3.05, 3.63) is 63.9 Å². The first-order chi connectivity index (χ1) is 16.9. The molecule has 0 radical (unpaired) electrons. The van der Waals surface area contributed by atoms with Crippen molar-refractivity contribution in [3.63, 3.8) is 0 Å². The fraction of sp³-hybridized carbons (Fsp3) is 0.444. The summed E-state index contributed by atoms with van der Waals surface area (Å²) in [4.78, 5) is 33.2. The summed E-state index contributed by atoms with van der Waals surface area (Å²) in [6, 6.07) is 6.25. The molecule has 2 aromatic heterocycles. The highest BCUT2D eigenvalue weighted by Gasteiger charge is 2.71. The number of fused-ring (bicyclic) bond motifs is 2. The molecule has 3 fully saturated rings. The van der Waals surface area contributed by atoms with Gasteiger partial charge in [-0.2, -0.15) is 0 Å². The number of hydrogen-bond acceptors (Lipinski definition) is 4. The molecule has 4 atom stereocenters. The van der Waals surface area contributed by atoms with Gasteiger partial charge in [0.2, 0.25) is 5.43 Å². The number of halogens is 3. The highest BCUT2D eigenvalue weighted by atomic mass is 19.1. The van der Waals surface area contributed by atoms with Crippen LogP contribution in [0.1, 0.15) is 49.4 Å².